The monoisotopic (exact) mass is 545 g/mol. The Morgan fingerprint density at radius 2 is 1.54 bits per heavy atom. The van der Waals surface area contributed by atoms with Crippen LogP contribution in [0.4, 0.5) is 11.4 Å². The molecule has 0 saturated carbocycles. The summed E-state index contributed by atoms with van der Waals surface area (Å²) in [6.45, 7) is 3.79. The number of nitrogens with zero attached hydrogens (tertiary/aromatic N) is 4. The molecule has 198 valence electrons. The summed E-state index contributed by atoms with van der Waals surface area (Å²) in [6, 6.07) is 11.5. The minimum Gasteiger partial charge on any atom is -0.294 e. The maximum atomic E-state index is 13.6. The van der Waals surface area contributed by atoms with Crippen LogP contribution in [0.15, 0.2) is 52.3 Å². The summed E-state index contributed by atoms with van der Waals surface area (Å²) in [6.07, 6.45) is 6.52. The zero-order chi connectivity index (χ0) is 26.2. The summed E-state index contributed by atoms with van der Waals surface area (Å²) in [7, 11) is 0. The molecule has 2 aliphatic rings. The van der Waals surface area contributed by atoms with Gasteiger partial charge in [-0.1, -0.05) is 48.3 Å². The van der Waals surface area contributed by atoms with Gasteiger partial charge in [0, 0.05) is 16.0 Å². The van der Waals surface area contributed by atoms with E-state index in [1.807, 2.05) is 0 Å². The van der Waals surface area contributed by atoms with E-state index in [0.717, 1.165) is 70.0 Å². The fourth-order valence-corrected chi connectivity index (χ4v) is 6.00. The lowest BCUT2D eigenvalue weighted by molar-refractivity contribution is -0.387. The smallest absolute Gasteiger partial charge is 0.283 e. The fourth-order valence-electron chi connectivity index (χ4n) is 4.68. The SMILES string of the molecule is O=C(CN1CCCCC1)NN(C(=O)CN1CCCCC1)c1ccccc1Sc1cc(Cl)ccc1[N+](=O)[O-]. The van der Waals surface area contributed by atoms with E-state index in [0.29, 0.717) is 20.5 Å². The van der Waals surface area contributed by atoms with E-state index in [4.69, 9.17) is 11.6 Å². The molecule has 2 aromatic carbocycles. The van der Waals surface area contributed by atoms with Gasteiger partial charge in [0.25, 0.3) is 17.5 Å². The molecule has 0 bridgehead atoms. The van der Waals surface area contributed by atoms with Crippen LogP contribution >= 0.6 is 23.4 Å². The lowest BCUT2D eigenvalue weighted by Gasteiger charge is -2.31. The maximum Gasteiger partial charge on any atom is 0.283 e. The van der Waals surface area contributed by atoms with Crippen molar-refractivity contribution in [3.8, 4) is 0 Å². The third kappa shape index (κ3) is 7.67. The van der Waals surface area contributed by atoms with Crippen molar-refractivity contribution in [3.63, 3.8) is 0 Å². The minimum absolute atomic E-state index is 0.0791. The lowest BCUT2D eigenvalue weighted by Crippen LogP contribution is -2.53. The Balaban J connectivity index is 1.61. The van der Waals surface area contributed by atoms with E-state index in [9.17, 15) is 19.7 Å². The molecule has 0 radical (unpaired) electrons. The Labute approximate surface area is 226 Å². The van der Waals surface area contributed by atoms with Crippen molar-refractivity contribution in [1.82, 2.24) is 15.2 Å². The highest BCUT2D eigenvalue weighted by atomic mass is 35.5. The van der Waals surface area contributed by atoms with Gasteiger partial charge in [-0.25, -0.2) is 5.01 Å². The number of hydrazine groups is 1. The van der Waals surface area contributed by atoms with Gasteiger partial charge in [-0.05, 0) is 76.1 Å². The molecule has 2 saturated heterocycles. The second kappa shape index (κ2) is 13.2. The topological polar surface area (TPSA) is 99.0 Å². The molecule has 11 heteroatoms. The molecule has 0 spiro atoms. The highest BCUT2D eigenvalue weighted by Gasteiger charge is 2.26. The Kier molecular flexibility index (Phi) is 9.79. The molecule has 1 N–H and O–H groups in total. The van der Waals surface area contributed by atoms with Crippen molar-refractivity contribution in [2.75, 3.05) is 44.3 Å². The van der Waals surface area contributed by atoms with E-state index in [1.165, 1.54) is 29.6 Å². The number of anilines is 1. The molecule has 4 rings (SSSR count). The summed E-state index contributed by atoms with van der Waals surface area (Å²) >= 11 is 7.29. The second-order valence-corrected chi connectivity index (χ2v) is 10.9. The summed E-state index contributed by atoms with van der Waals surface area (Å²) in [4.78, 5) is 43.0. The molecular formula is C26H32ClN5O4S. The molecule has 2 fully saturated rings. The Bertz CT molecular complexity index is 1120. The number of nitro groups is 1. The van der Waals surface area contributed by atoms with Gasteiger partial charge in [0.2, 0.25) is 0 Å². The average Bonchev–Trinajstić information content (AvgIpc) is 2.89. The second-order valence-electron chi connectivity index (χ2n) is 9.38. The summed E-state index contributed by atoms with van der Waals surface area (Å²) in [5.41, 5.74) is 3.24. The maximum absolute atomic E-state index is 13.6. The van der Waals surface area contributed by atoms with Crippen LogP contribution in [-0.2, 0) is 9.59 Å². The molecule has 37 heavy (non-hydrogen) atoms. The number of rotatable bonds is 8. The molecule has 0 atom stereocenters. The van der Waals surface area contributed by atoms with Gasteiger partial charge < -0.3 is 0 Å². The van der Waals surface area contributed by atoms with Gasteiger partial charge >= 0.3 is 0 Å². The number of nitro benzene ring substituents is 1. The normalized spacial score (nSPS) is 16.8. The Morgan fingerprint density at radius 3 is 2.19 bits per heavy atom. The molecule has 2 heterocycles. The quantitative estimate of drug-likeness (QED) is 0.378. The highest BCUT2D eigenvalue weighted by Crippen LogP contribution is 2.40. The van der Waals surface area contributed by atoms with Crippen LogP contribution in [0.25, 0.3) is 0 Å². The van der Waals surface area contributed by atoms with E-state index in [-0.39, 0.29) is 30.6 Å². The standard InChI is InChI=1S/C26H32ClN5O4S/c27-20-11-12-22(32(35)36)24(17-20)37-23-10-4-3-9-21(23)31(26(34)19-30-15-7-2-8-16-30)28-25(33)18-29-13-5-1-6-14-29/h3-4,9-12,17H,1-2,5-8,13-16,18-19H2,(H,28,33). The predicted octanol–water partition coefficient (Wildman–Crippen LogP) is 4.74. The molecule has 0 unspecified atom stereocenters. The lowest BCUT2D eigenvalue weighted by atomic mass is 10.1. The van der Waals surface area contributed by atoms with Crippen LogP contribution in [0.5, 0.6) is 0 Å². The Hall–Kier alpha value is -2.66. The molecule has 2 aliphatic heterocycles. The summed E-state index contributed by atoms with van der Waals surface area (Å²) in [5.74, 6) is -0.509. The van der Waals surface area contributed by atoms with Gasteiger partial charge in [0.05, 0.1) is 28.6 Å². The molecule has 0 aliphatic carbocycles. The third-order valence-corrected chi connectivity index (χ3v) is 7.90. The van der Waals surface area contributed by atoms with Crippen LogP contribution in [0.2, 0.25) is 5.02 Å². The number of nitrogens with one attached hydrogen (secondary N) is 1. The number of carbonyl (C=O) groups is 2. The number of likely N-dealkylation sites (tertiary alicyclic amines) is 2. The minimum atomic E-state index is -0.457. The first-order valence-corrected chi connectivity index (χ1v) is 13.9. The van der Waals surface area contributed by atoms with Crippen LogP contribution < -0.4 is 10.4 Å². The number of halogens is 1. The average molecular weight is 546 g/mol. The van der Waals surface area contributed by atoms with Crippen LogP contribution in [0, 0.1) is 10.1 Å². The van der Waals surface area contributed by atoms with E-state index >= 15 is 0 Å². The van der Waals surface area contributed by atoms with Gasteiger partial charge in [0.15, 0.2) is 0 Å². The number of hydrogen-bond donors (Lipinski definition) is 1. The van der Waals surface area contributed by atoms with Gasteiger partial charge in [-0.2, -0.15) is 0 Å². The first-order valence-electron chi connectivity index (χ1n) is 12.7. The van der Waals surface area contributed by atoms with Crippen molar-refractivity contribution < 1.29 is 14.5 Å². The van der Waals surface area contributed by atoms with Crippen molar-refractivity contribution in [2.45, 2.75) is 48.3 Å². The van der Waals surface area contributed by atoms with Gasteiger partial charge in [-0.15, -0.1) is 0 Å². The number of hydrogen-bond acceptors (Lipinski definition) is 7. The molecule has 0 aromatic heterocycles. The highest BCUT2D eigenvalue weighted by molar-refractivity contribution is 7.99. The largest absolute Gasteiger partial charge is 0.294 e. The number of piperidine rings is 2. The van der Waals surface area contributed by atoms with Gasteiger partial charge in [0.1, 0.15) is 0 Å². The number of benzene rings is 2. The van der Waals surface area contributed by atoms with Crippen LogP contribution in [0.3, 0.4) is 0 Å². The molecular weight excluding hydrogens is 514 g/mol. The number of carbonyl (C=O) groups excluding carboxylic acids is 2. The summed E-state index contributed by atoms with van der Waals surface area (Å²) < 4.78 is 0. The Morgan fingerprint density at radius 1 is 0.919 bits per heavy atom. The van der Waals surface area contributed by atoms with Gasteiger partial charge in [-0.3, -0.25) is 34.9 Å². The fraction of sp³-hybridized carbons (Fsp3) is 0.462. The van der Waals surface area contributed by atoms with E-state index in [1.54, 1.807) is 24.3 Å². The van der Waals surface area contributed by atoms with Crippen LogP contribution in [0.1, 0.15) is 38.5 Å². The number of amides is 2. The van der Waals surface area contributed by atoms with Crippen molar-refractivity contribution >= 4 is 46.6 Å². The van der Waals surface area contributed by atoms with Crippen molar-refractivity contribution in [2.24, 2.45) is 0 Å². The predicted molar refractivity (Wildman–Crippen MR) is 145 cm³/mol. The molecule has 2 amide bonds. The van der Waals surface area contributed by atoms with Crippen molar-refractivity contribution in [1.29, 1.82) is 0 Å². The zero-order valence-corrected chi connectivity index (χ0v) is 22.3. The van der Waals surface area contributed by atoms with Crippen LogP contribution in [-0.4, -0.2) is 65.8 Å². The summed E-state index contributed by atoms with van der Waals surface area (Å²) in [5, 5.41) is 13.3. The van der Waals surface area contributed by atoms with Crippen molar-refractivity contribution in [3.05, 3.63) is 57.6 Å². The van der Waals surface area contributed by atoms with E-state index < -0.39 is 4.92 Å². The molecule has 2 aromatic rings. The first-order chi connectivity index (χ1) is 17.9. The number of para-hydroxylation sites is 1. The third-order valence-electron chi connectivity index (χ3n) is 6.55. The first kappa shape index (κ1) is 27.4. The molecule has 9 nitrogen and oxygen atoms in total. The van der Waals surface area contributed by atoms with E-state index in [2.05, 4.69) is 15.2 Å². The zero-order valence-electron chi connectivity index (χ0n) is 20.7.